The highest BCUT2D eigenvalue weighted by Gasteiger charge is 2.08. The van der Waals surface area contributed by atoms with Gasteiger partial charge in [0.1, 0.15) is 5.82 Å². The number of fused-ring (bicyclic) bond motifs is 1. The molecule has 0 fully saturated rings. The van der Waals surface area contributed by atoms with E-state index in [0.29, 0.717) is 4.47 Å². The Morgan fingerprint density at radius 2 is 2.12 bits per heavy atom. The second kappa shape index (κ2) is 3.82. The summed E-state index contributed by atoms with van der Waals surface area (Å²) in [6, 6.07) is 6.17. The van der Waals surface area contributed by atoms with Crippen molar-refractivity contribution in [2.75, 3.05) is 0 Å². The van der Waals surface area contributed by atoms with E-state index in [1.807, 2.05) is 25.4 Å². The smallest absolute Gasteiger partial charge is 0.184 e. The molecule has 0 N–H and O–H groups in total. The minimum Gasteiger partial charge on any atom is -0.331 e. The Labute approximate surface area is 108 Å². The quantitative estimate of drug-likeness (QED) is 0.671. The highest BCUT2D eigenvalue weighted by molar-refractivity contribution is 7.14. The number of nitrogens with zero attached hydrogens (tertiary/aromatic N) is 3. The Morgan fingerprint density at radius 1 is 1.29 bits per heavy atom. The number of imidazole rings is 1. The van der Waals surface area contributed by atoms with Gasteiger partial charge in [0, 0.05) is 18.0 Å². The molecule has 3 nitrogen and oxygen atoms in total. The normalized spacial score (nSPS) is 11.2. The second-order valence-corrected chi connectivity index (χ2v) is 5.35. The van der Waals surface area contributed by atoms with Gasteiger partial charge < -0.3 is 4.57 Å². The van der Waals surface area contributed by atoms with E-state index in [4.69, 9.17) is 11.6 Å². The maximum atomic E-state index is 5.85. The van der Waals surface area contributed by atoms with Gasteiger partial charge in [-0.2, -0.15) is 0 Å². The summed E-state index contributed by atoms with van der Waals surface area (Å²) in [4.78, 5) is 8.78. The molecule has 0 amide bonds. The van der Waals surface area contributed by atoms with Crippen LogP contribution in [-0.4, -0.2) is 14.5 Å². The highest BCUT2D eigenvalue weighted by Crippen LogP contribution is 2.27. The van der Waals surface area contributed by atoms with Crippen LogP contribution in [0.4, 0.5) is 0 Å². The molecule has 0 radical (unpaired) electrons. The number of hydrogen-bond acceptors (Lipinski definition) is 3. The summed E-state index contributed by atoms with van der Waals surface area (Å²) < 4.78 is 2.64. The number of hydrogen-bond donors (Lipinski definition) is 0. The molecule has 0 aliphatic carbocycles. The Morgan fingerprint density at radius 3 is 2.82 bits per heavy atom. The van der Waals surface area contributed by atoms with Crippen LogP contribution < -0.4 is 0 Å². The van der Waals surface area contributed by atoms with E-state index in [2.05, 4.69) is 26.7 Å². The first-order chi connectivity index (χ1) is 8.15. The van der Waals surface area contributed by atoms with Crippen molar-refractivity contribution in [3.05, 3.63) is 33.9 Å². The number of halogens is 1. The summed E-state index contributed by atoms with van der Waals surface area (Å²) in [5.41, 5.74) is 4.09. The molecule has 0 saturated carbocycles. The summed E-state index contributed by atoms with van der Waals surface area (Å²) >= 11 is 7.29. The molecular weight excluding hydrogens is 254 g/mol. The number of thiazole rings is 1. The first-order valence-corrected chi connectivity index (χ1v) is 6.45. The van der Waals surface area contributed by atoms with Gasteiger partial charge in [-0.1, -0.05) is 17.7 Å². The van der Waals surface area contributed by atoms with Crippen molar-refractivity contribution >= 4 is 34.0 Å². The molecule has 5 heteroatoms. The molecule has 3 rings (SSSR count). The van der Waals surface area contributed by atoms with Crippen molar-refractivity contribution in [2.24, 2.45) is 7.05 Å². The van der Waals surface area contributed by atoms with Crippen molar-refractivity contribution < 1.29 is 0 Å². The Balaban J connectivity index is 2.20. The molecule has 0 aliphatic heterocycles. The van der Waals surface area contributed by atoms with Crippen LogP contribution in [-0.2, 0) is 7.05 Å². The third-order valence-electron chi connectivity index (χ3n) is 2.88. The molecule has 86 valence electrons. The van der Waals surface area contributed by atoms with Crippen LogP contribution in [0.25, 0.3) is 22.3 Å². The molecule has 1 aromatic carbocycles. The number of aromatic nitrogens is 3. The standard InChI is InChI=1S/C12H10ClN3S/c1-7-14-9-5-8(3-4-11(9)16(7)2)10-6-17-12(13)15-10/h3-6H,1-2H3. The minimum absolute atomic E-state index is 0.567. The van der Waals surface area contributed by atoms with Crippen molar-refractivity contribution in [2.45, 2.75) is 6.92 Å². The van der Waals surface area contributed by atoms with Gasteiger partial charge in [-0.05, 0) is 19.1 Å². The first-order valence-electron chi connectivity index (χ1n) is 5.19. The van der Waals surface area contributed by atoms with Gasteiger partial charge in [0.15, 0.2) is 4.47 Å². The fraction of sp³-hybridized carbons (Fsp3) is 0.167. The lowest BCUT2D eigenvalue weighted by Crippen LogP contribution is -1.89. The monoisotopic (exact) mass is 263 g/mol. The molecule has 2 aromatic heterocycles. The largest absolute Gasteiger partial charge is 0.331 e. The van der Waals surface area contributed by atoms with E-state index < -0.39 is 0 Å². The number of aryl methyl sites for hydroxylation is 2. The van der Waals surface area contributed by atoms with Gasteiger partial charge in [-0.3, -0.25) is 0 Å². The average molecular weight is 264 g/mol. The van der Waals surface area contributed by atoms with E-state index in [1.54, 1.807) is 0 Å². The van der Waals surface area contributed by atoms with Crippen molar-refractivity contribution in [1.82, 2.24) is 14.5 Å². The lowest BCUT2D eigenvalue weighted by atomic mass is 10.1. The zero-order chi connectivity index (χ0) is 12.0. The average Bonchev–Trinajstić information content (AvgIpc) is 2.85. The van der Waals surface area contributed by atoms with E-state index in [1.165, 1.54) is 11.3 Å². The van der Waals surface area contributed by atoms with Crippen LogP contribution in [0.2, 0.25) is 4.47 Å². The maximum Gasteiger partial charge on any atom is 0.184 e. The molecule has 0 bridgehead atoms. The predicted molar refractivity (Wildman–Crippen MR) is 71.6 cm³/mol. The zero-order valence-corrected chi connectivity index (χ0v) is 11.0. The van der Waals surface area contributed by atoms with E-state index in [0.717, 1.165) is 28.1 Å². The summed E-state index contributed by atoms with van der Waals surface area (Å²) in [5, 5.41) is 1.96. The maximum absolute atomic E-state index is 5.85. The summed E-state index contributed by atoms with van der Waals surface area (Å²) in [6.45, 7) is 2.00. The SMILES string of the molecule is Cc1nc2cc(-c3csc(Cl)n3)ccc2n1C. The van der Waals surface area contributed by atoms with Crippen LogP contribution in [0.1, 0.15) is 5.82 Å². The summed E-state index contributed by atoms with van der Waals surface area (Å²) in [5.74, 6) is 1.01. The van der Waals surface area contributed by atoms with Crippen LogP contribution in [0.15, 0.2) is 23.6 Å². The fourth-order valence-electron chi connectivity index (χ4n) is 1.86. The Kier molecular flexibility index (Phi) is 2.42. The van der Waals surface area contributed by atoms with Crippen molar-refractivity contribution in [3.63, 3.8) is 0 Å². The van der Waals surface area contributed by atoms with Gasteiger partial charge in [0.05, 0.1) is 16.7 Å². The minimum atomic E-state index is 0.567. The molecule has 17 heavy (non-hydrogen) atoms. The van der Waals surface area contributed by atoms with E-state index in [-0.39, 0.29) is 0 Å². The van der Waals surface area contributed by atoms with Crippen molar-refractivity contribution in [3.8, 4) is 11.3 Å². The molecule has 2 heterocycles. The van der Waals surface area contributed by atoms with E-state index in [9.17, 15) is 0 Å². The lowest BCUT2D eigenvalue weighted by molar-refractivity contribution is 0.886. The van der Waals surface area contributed by atoms with Gasteiger partial charge in [0.25, 0.3) is 0 Å². The fourth-order valence-corrected chi connectivity index (χ4v) is 2.64. The van der Waals surface area contributed by atoms with Crippen molar-refractivity contribution in [1.29, 1.82) is 0 Å². The van der Waals surface area contributed by atoms with Crippen LogP contribution in [0, 0.1) is 6.92 Å². The second-order valence-electron chi connectivity index (χ2n) is 3.91. The number of rotatable bonds is 1. The van der Waals surface area contributed by atoms with Gasteiger partial charge in [-0.15, -0.1) is 11.3 Å². The predicted octanol–water partition coefficient (Wildman–Crippen LogP) is 3.66. The van der Waals surface area contributed by atoms with Crippen LogP contribution in [0.3, 0.4) is 0 Å². The lowest BCUT2D eigenvalue weighted by Gasteiger charge is -1.98. The third-order valence-corrected chi connectivity index (χ3v) is 3.86. The molecule has 0 atom stereocenters. The summed E-state index contributed by atoms with van der Waals surface area (Å²) in [6.07, 6.45) is 0. The summed E-state index contributed by atoms with van der Waals surface area (Å²) in [7, 11) is 2.02. The van der Waals surface area contributed by atoms with Gasteiger partial charge in [0.2, 0.25) is 0 Å². The van der Waals surface area contributed by atoms with Gasteiger partial charge >= 0.3 is 0 Å². The third kappa shape index (κ3) is 1.73. The van der Waals surface area contributed by atoms with Gasteiger partial charge in [-0.25, -0.2) is 9.97 Å². The molecular formula is C12H10ClN3S. The Hall–Kier alpha value is -1.39. The number of benzene rings is 1. The molecule has 0 saturated heterocycles. The molecule has 0 aliphatic rings. The topological polar surface area (TPSA) is 30.7 Å². The van der Waals surface area contributed by atoms with E-state index >= 15 is 0 Å². The Bertz CT molecular complexity index is 699. The van der Waals surface area contributed by atoms with Crippen LogP contribution in [0.5, 0.6) is 0 Å². The molecule has 0 unspecified atom stereocenters. The zero-order valence-electron chi connectivity index (χ0n) is 9.44. The first kappa shape index (κ1) is 10.7. The van der Waals surface area contributed by atoms with Crippen LogP contribution >= 0.6 is 22.9 Å². The highest BCUT2D eigenvalue weighted by atomic mass is 35.5. The molecule has 0 spiro atoms. The molecule has 3 aromatic rings.